The summed E-state index contributed by atoms with van der Waals surface area (Å²) in [6, 6.07) is 4.10. The quantitative estimate of drug-likeness (QED) is 0.769. The predicted octanol–water partition coefficient (Wildman–Crippen LogP) is 2.96. The molecule has 0 N–H and O–H groups in total. The minimum atomic E-state index is 0.432. The lowest BCUT2D eigenvalue weighted by Gasteiger charge is -2.18. The average molecular weight is 267 g/mol. The maximum atomic E-state index is 8.63. The molecule has 1 aromatic carbocycles. The van der Waals surface area contributed by atoms with Crippen LogP contribution in [0.4, 0.5) is 0 Å². The molecule has 0 aromatic heterocycles. The molecule has 1 rings (SSSR count). The fourth-order valence-electron chi connectivity index (χ4n) is 1.96. The Balaban J connectivity index is 2.94. The van der Waals surface area contributed by atoms with Crippen molar-refractivity contribution >= 4 is 11.6 Å². The van der Waals surface area contributed by atoms with Crippen molar-refractivity contribution in [3.8, 4) is 11.8 Å². The van der Waals surface area contributed by atoms with Crippen molar-refractivity contribution in [2.45, 2.75) is 20.3 Å². The van der Waals surface area contributed by atoms with E-state index in [2.05, 4.69) is 6.07 Å². The number of halogens is 1. The predicted molar refractivity (Wildman–Crippen MR) is 74.3 cm³/mol. The molecule has 0 radical (unpaired) electrons. The monoisotopic (exact) mass is 266 g/mol. The van der Waals surface area contributed by atoms with Gasteiger partial charge in [0, 0.05) is 11.6 Å². The Hall–Kier alpha value is -1.24. The summed E-state index contributed by atoms with van der Waals surface area (Å²) < 4.78 is 5.41. The van der Waals surface area contributed by atoms with Gasteiger partial charge in [0.2, 0.25) is 0 Å². The van der Waals surface area contributed by atoms with Crippen LogP contribution in [0.1, 0.15) is 16.7 Å². The number of nitrogens with zero attached hydrogens (tertiary/aromatic N) is 2. The molecule has 0 aliphatic carbocycles. The second-order valence-electron chi connectivity index (χ2n) is 4.46. The first kappa shape index (κ1) is 14.8. The van der Waals surface area contributed by atoms with Crippen LogP contribution in [-0.2, 0) is 6.42 Å². The molecule has 1 aromatic rings. The molecule has 0 fully saturated rings. The van der Waals surface area contributed by atoms with Gasteiger partial charge in [-0.25, -0.2) is 0 Å². The van der Waals surface area contributed by atoms with Crippen LogP contribution in [0, 0.1) is 25.2 Å². The van der Waals surface area contributed by atoms with Crippen LogP contribution in [0.2, 0.25) is 5.02 Å². The van der Waals surface area contributed by atoms with Gasteiger partial charge in [0.15, 0.2) is 0 Å². The largest absolute Gasteiger partial charge is 0.496 e. The van der Waals surface area contributed by atoms with Crippen LogP contribution >= 0.6 is 11.6 Å². The van der Waals surface area contributed by atoms with Crippen molar-refractivity contribution in [1.82, 2.24) is 4.90 Å². The van der Waals surface area contributed by atoms with Crippen LogP contribution in [0.3, 0.4) is 0 Å². The number of nitriles is 1. The second kappa shape index (κ2) is 6.63. The molecule has 0 bridgehead atoms. The minimum absolute atomic E-state index is 0.432. The molecule has 0 aliphatic heterocycles. The van der Waals surface area contributed by atoms with Gasteiger partial charge in [0.05, 0.1) is 19.7 Å². The second-order valence-corrected chi connectivity index (χ2v) is 4.84. The van der Waals surface area contributed by atoms with E-state index in [1.807, 2.05) is 31.9 Å². The first-order valence-corrected chi connectivity index (χ1v) is 6.27. The number of hydrogen-bond donors (Lipinski definition) is 0. The Kier molecular flexibility index (Phi) is 5.46. The minimum Gasteiger partial charge on any atom is -0.496 e. The van der Waals surface area contributed by atoms with Crippen molar-refractivity contribution in [1.29, 1.82) is 5.26 Å². The van der Waals surface area contributed by atoms with Crippen molar-refractivity contribution < 1.29 is 4.74 Å². The van der Waals surface area contributed by atoms with E-state index >= 15 is 0 Å². The highest BCUT2D eigenvalue weighted by molar-refractivity contribution is 6.32. The lowest BCUT2D eigenvalue weighted by molar-refractivity contribution is 0.370. The topological polar surface area (TPSA) is 36.3 Å². The molecular formula is C14H19ClN2O. The number of methoxy groups -OCH3 is 1. The molecule has 0 unspecified atom stereocenters. The first-order valence-electron chi connectivity index (χ1n) is 5.89. The molecule has 0 amide bonds. The van der Waals surface area contributed by atoms with E-state index in [1.165, 1.54) is 0 Å². The number of ether oxygens (including phenoxy) is 1. The van der Waals surface area contributed by atoms with Gasteiger partial charge in [-0.1, -0.05) is 11.6 Å². The van der Waals surface area contributed by atoms with Crippen molar-refractivity contribution in [3.05, 3.63) is 27.8 Å². The number of likely N-dealkylation sites (N-methyl/N-ethyl adjacent to an activating group) is 1. The number of rotatable bonds is 5. The van der Waals surface area contributed by atoms with Crippen LogP contribution in [0.5, 0.6) is 5.75 Å². The van der Waals surface area contributed by atoms with Crippen molar-refractivity contribution in [2.75, 3.05) is 27.2 Å². The number of hydrogen-bond acceptors (Lipinski definition) is 3. The Morgan fingerprint density at radius 2 is 2.11 bits per heavy atom. The van der Waals surface area contributed by atoms with Crippen molar-refractivity contribution in [2.24, 2.45) is 0 Å². The van der Waals surface area contributed by atoms with E-state index < -0.39 is 0 Å². The van der Waals surface area contributed by atoms with Gasteiger partial charge in [-0.05, 0) is 50.1 Å². The molecule has 0 saturated carbocycles. The number of aryl methyl sites for hydroxylation is 1. The highest BCUT2D eigenvalue weighted by Gasteiger charge is 2.13. The summed E-state index contributed by atoms with van der Waals surface area (Å²) in [6.07, 6.45) is 0.827. The van der Waals surface area contributed by atoms with Crippen LogP contribution in [0.15, 0.2) is 6.07 Å². The van der Waals surface area contributed by atoms with Gasteiger partial charge < -0.3 is 4.74 Å². The van der Waals surface area contributed by atoms with E-state index in [4.69, 9.17) is 21.6 Å². The SMILES string of the molecule is COc1cc(C)c(Cl)c(C)c1CCN(C)CC#N. The normalized spacial score (nSPS) is 10.5. The van der Waals surface area contributed by atoms with Gasteiger partial charge in [-0.3, -0.25) is 4.90 Å². The molecule has 98 valence electrons. The van der Waals surface area contributed by atoms with Crippen LogP contribution in [-0.4, -0.2) is 32.1 Å². The lowest BCUT2D eigenvalue weighted by atomic mass is 10.0. The maximum absolute atomic E-state index is 8.63. The zero-order valence-corrected chi connectivity index (χ0v) is 12.1. The smallest absolute Gasteiger partial charge is 0.122 e. The maximum Gasteiger partial charge on any atom is 0.122 e. The Labute approximate surface area is 114 Å². The van der Waals surface area contributed by atoms with E-state index in [0.717, 1.165) is 40.4 Å². The number of benzene rings is 1. The molecule has 3 nitrogen and oxygen atoms in total. The van der Waals surface area contributed by atoms with E-state index in [-0.39, 0.29) is 0 Å². The van der Waals surface area contributed by atoms with E-state index in [1.54, 1.807) is 7.11 Å². The molecule has 4 heteroatoms. The third-order valence-electron chi connectivity index (χ3n) is 3.08. The Bertz CT molecular complexity index is 466. The lowest BCUT2D eigenvalue weighted by Crippen LogP contribution is -2.21. The molecule has 0 saturated heterocycles. The molecule has 0 atom stereocenters. The Morgan fingerprint density at radius 3 is 2.67 bits per heavy atom. The van der Waals surface area contributed by atoms with Gasteiger partial charge >= 0.3 is 0 Å². The zero-order chi connectivity index (χ0) is 13.7. The zero-order valence-electron chi connectivity index (χ0n) is 11.4. The summed E-state index contributed by atoms with van der Waals surface area (Å²) >= 11 is 6.27. The fraction of sp³-hybridized carbons (Fsp3) is 0.500. The summed E-state index contributed by atoms with van der Waals surface area (Å²) in [5, 5.41) is 9.43. The summed E-state index contributed by atoms with van der Waals surface area (Å²) in [4.78, 5) is 1.98. The fourth-order valence-corrected chi connectivity index (χ4v) is 2.12. The molecule has 18 heavy (non-hydrogen) atoms. The Morgan fingerprint density at radius 1 is 1.44 bits per heavy atom. The molecular weight excluding hydrogens is 248 g/mol. The third-order valence-corrected chi connectivity index (χ3v) is 3.66. The molecule has 0 aliphatic rings. The summed E-state index contributed by atoms with van der Waals surface area (Å²) in [7, 11) is 3.60. The van der Waals surface area contributed by atoms with Gasteiger partial charge in [0.1, 0.15) is 5.75 Å². The van der Waals surface area contributed by atoms with Crippen LogP contribution < -0.4 is 4.74 Å². The van der Waals surface area contributed by atoms with Gasteiger partial charge in [0.25, 0.3) is 0 Å². The summed E-state index contributed by atoms with van der Waals surface area (Å²) in [6.45, 7) is 5.23. The van der Waals surface area contributed by atoms with E-state index in [0.29, 0.717) is 6.54 Å². The van der Waals surface area contributed by atoms with Crippen molar-refractivity contribution in [3.63, 3.8) is 0 Å². The van der Waals surface area contributed by atoms with Gasteiger partial charge in [-0.15, -0.1) is 0 Å². The highest BCUT2D eigenvalue weighted by Crippen LogP contribution is 2.31. The summed E-state index contributed by atoms with van der Waals surface area (Å²) in [5.74, 6) is 0.875. The first-order chi connectivity index (χ1) is 8.51. The van der Waals surface area contributed by atoms with Crippen LogP contribution in [0.25, 0.3) is 0 Å². The standard InChI is InChI=1S/C14H19ClN2O/c1-10-9-13(18-4)12(11(2)14(10)15)5-7-17(3)8-6-16/h9H,5,7-8H2,1-4H3. The molecule has 0 spiro atoms. The molecule has 0 heterocycles. The van der Waals surface area contributed by atoms with Gasteiger partial charge in [-0.2, -0.15) is 5.26 Å². The summed E-state index contributed by atoms with van der Waals surface area (Å²) in [5.41, 5.74) is 3.22. The van der Waals surface area contributed by atoms with E-state index in [9.17, 15) is 0 Å². The average Bonchev–Trinajstić information content (AvgIpc) is 2.34. The highest BCUT2D eigenvalue weighted by atomic mass is 35.5. The third kappa shape index (κ3) is 3.38.